The van der Waals surface area contributed by atoms with Gasteiger partial charge in [0.15, 0.2) is 0 Å². The number of ether oxygens (including phenoxy) is 2. The van der Waals surface area contributed by atoms with Crippen molar-refractivity contribution in [2.45, 2.75) is 6.04 Å². The van der Waals surface area contributed by atoms with Crippen molar-refractivity contribution >= 4 is 17.0 Å². The summed E-state index contributed by atoms with van der Waals surface area (Å²) in [5.74, 6) is 1.10. The molecule has 0 amide bonds. The van der Waals surface area contributed by atoms with E-state index in [2.05, 4.69) is 17.0 Å². The molecule has 1 fully saturated rings. The molecule has 1 N–H and O–H groups in total. The van der Waals surface area contributed by atoms with Crippen LogP contribution in [0.5, 0.6) is 11.5 Å². The average Bonchev–Trinajstić information content (AvgIpc) is 2.79. The molecule has 3 aromatic carbocycles. The number of hydrogen-bond acceptors (Lipinski definition) is 5. The summed E-state index contributed by atoms with van der Waals surface area (Å²) in [6.45, 7) is 3.84. The van der Waals surface area contributed by atoms with E-state index in [9.17, 15) is 5.11 Å². The Labute approximate surface area is 171 Å². The molecule has 4 rings (SSSR count). The minimum Gasteiger partial charge on any atom is -0.507 e. The highest BCUT2D eigenvalue weighted by atomic mass is 16.5. The van der Waals surface area contributed by atoms with Gasteiger partial charge in [-0.1, -0.05) is 42.5 Å². The molecule has 0 aliphatic carbocycles. The van der Waals surface area contributed by atoms with Crippen molar-refractivity contribution in [1.29, 1.82) is 0 Å². The van der Waals surface area contributed by atoms with Crippen molar-refractivity contribution < 1.29 is 14.6 Å². The van der Waals surface area contributed by atoms with Gasteiger partial charge in [-0.25, -0.2) is 0 Å². The first-order valence-corrected chi connectivity index (χ1v) is 9.92. The fourth-order valence-corrected chi connectivity index (χ4v) is 3.81. The maximum atomic E-state index is 10.4. The van der Waals surface area contributed by atoms with Crippen LogP contribution in [0, 0.1) is 0 Å². The van der Waals surface area contributed by atoms with Crippen LogP contribution in [-0.4, -0.2) is 56.2 Å². The van der Waals surface area contributed by atoms with Crippen molar-refractivity contribution in [2.24, 2.45) is 4.99 Å². The molecular formula is C24H26N2O3. The van der Waals surface area contributed by atoms with Gasteiger partial charge >= 0.3 is 0 Å². The third-order valence-electron chi connectivity index (χ3n) is 5.43. The van der Waals surface area contributed by atoms with Crippen LogP contribution in [0.15, 0.2) is 65.7 Å². The van der Waals surface area contributed by atoms with Crippen LogP contribution in [0.3, 0.4) is 0 Å². The van der Waals surface area contributed by atoms with Gasteiger partial charge < -0.3 is 14.6 Å². The van der Waals surface area contributed by atoms with Crippen molar-refractivity contribution in [3.05, 3.63) is 71.8 Å². The molecule has 0 unspecified atom stereocenters. The molecule has 0 aromatic heterocycles. The van der Waals surface area contributed by atoms with Gasteiger partial charge in [-0.2, -0.15) is 0 Å². The van der Waals surface area contributed by atoms with Crippen LogP contribution >= 0.6 is 0 Å². The zero-order valence-electron chi connectivity index (χ0n) is 16.6. The number of fused-ring (bicyclic) bond motifs is 1. The van der Waals surface area contributed by atoms with E-state index in [1.54, 1.807) is 19.4 Å². The lowest BCUT2D eigenvalue weighted by molar-refractivity contribution is 0.0180. The first kappa shape index (κ1) is 19.4. The number of hydrogen-bond donors (Lipinski definition) is 1. The highest BCUT2D eigenvalue weighted by Crippen LogP contribution is 2.27. The molecule has 0 radical (unpaired) electrons. The minimum absolute atomic E-state index is 0.151. The summed E-state index contributed by atoms with van der Waals surface area (Å²) >= 11 is 0. The highest BCUT2D eigenvalue weighted by molar-refractivity contribution is 6.02. The third kappa shape index (κ3) is 4.42. The van der Waals surface area contributed by atoms with E-state index in [4.69, 9.17) is 14.5 Å². The van der Waals surface area contributed by atoms with Crippen LogP contribution in [0.2, 0.25) is 0 Å². The normalized spacial score (nSPS) is 16.3. The van der Waals surface area contributed by atoms with Gasteiger partial charge in [0, 0.05) is 24.9 Å². The molecule has 1 aliphatic heterocycles. The van der Waals surface area contributed by atoms with Crippen LogP contribution in [0.25, 0.3) is 10.8 Å². The summed E-state index contributed by atoms with van der Waals surface area (Å²) in [5, 5.41) is 12.5. The number of benzene rings is 3. The van der Waals surface area contributed by atoms with E-state index >= 15 is 0 Å². The molecule has 0 spiro atoms. The molecule has 1 atom stereocenters. The molecule has 0 saturated carbocycles. The van der Waals surface area contributed by atoms with E-state index < -0.39 is 0 Å². The predicted octanol–water partition coefficient (Wildman–Crippen LogP) is 4.05. The quantitative estimate of drug-likeness (QED) is 0.645. The number of nitrogens with zero attached hydrogens (tertiary/aromatic N) is 2. The average molecular weight is 390 g/mol. The lowest BCUT2D eigenvalue weighted by atomic mass is 10.0. The molecule has 5 heteroatoms. The summed E-state index contributed by atoms with van der Waals surface area (Å²) in [6.07, 6.45) is 1.80. The van der Waals surface area contributed by atoms with E-state index in [0.717, 1.165) is 48.4 Å². The SMILES string of the molecule is COc1ccc([C@H](CN=Cc2c(O)ccc3ccccc23)N2CCOCC2)cc1. The number of rotatable bonds is 6. The minimum atomic E-state index is 0.151. The Bertz CT molecular complexity index is 979. The van der Waals surface area contributed by atoms with Crippen LogP contribution < -0.4 is 4.74 Å². The molecule has 29 heavy (non-hydrogen) atoms. The topological polar surface area (TPSA) is 54.3 Å². The van der Waals surface area contributed by atoms with E-state index in [-0.39, 0.29) is 11.8 Å². The Morgan fingerprint density at radius 1 is 1.07 bits per heavy atom. The smallest absolute Gasteiger partial charge is 0.124 e. The summed E-state index contributed by atoms with van der Waals surface area (Å²) < 4.78 is 10.8. The second kappa shape index (κ2) is 9.07. The van der Waals surface area contributed by atoms with Gasteiger partial charge in [0.2, 0.25) is 0 Å². The molecule has 3 aromatic rings. The van der Waals surface area contributed by atoms with Gasteiger partial charge in [-0.3, -0.25) is 9.89 Å². The fraction of sp³-hybridized carbons (Fsp3) is 0.292. The number of aromatic hydroxyl groups is 1. The molecule has 0 bridgehead atoms. The van der Waals surface area contributed by atoms with Gasteiger partial charge in [-0.15, -0.1) is 0 Å². The molecule has 150 valence electrons. The molecule has 5 nitrogen and oxygen atoms in total. The standard InChI is InChI=1S/C24H26N2O3/c1-28-20-9-6-19(7-10-20)23(26-12-14-29-15-13-26)17-25-16-22-21-5-3-2-4-18(21)8-11-24(22)27/h2-11,16,23,27H,12-15,17H2,1H3/t23-/m0/s1. The van der Waals surface area contributed by atoms with Crippen LogP contribution in [-0.2, 0) is 4.74 Å². The highest BCUT2D eigenvalue weighted by Gasteiger charge is 2.22. The van der Waals surface area contributed by atoms with Crippen molar-refractivity contribution in [3.8, 4) is 11.5 Å². The van der Waals surface area contributed by atoms with E-state index in [0.29, 0.717) is 6.54 Å². The first-order valence-electron chi connectivity index (χ1n) is 9.92. The van der Waals surface area contributed by atoms with Crippen molar-refractivity contribution in [2.75, 3.05) is 40.0 Å². The second-order valence-corrected chi connectivity index (χ2v) is 7.15. The molecule has 1 heterocycles. The number of methoxy groups -OCH3 is 1. The monoisotopic (exact) mass is 390 g/mol. The first-order chi connectivity index (χ1) is 14.3. The number of phenolic OH excluding ortho intramolecular Hbond substituents is 1. The van der Waals surface area contributed by atoms with Gasteiger partial charge in [0.05, 0.1) is 32.9 Å². The maximum absolute atomic E-state index is 10.4. The van der Waals surface area contributed by atoms with E-state index in [1.807, 2.05) is 42.5 Å². The van der Waals surface area contributed by atoms with Gasteiger partial charge in [0.1, 0.15) is 11.5 Å². The van der Waals surface area contributed by atoms with Gasteiger partial charge in [0.25, 0.3) is 0 Å². The largest absolute Gasteiger partial charge is 0.507 e. The third-order valence-corrected chi connectivity index (χ3v) is 5.43. The van der Waals surface area contributed by atoms with Crippen molar-refractivity contribution in [1.82, 2.24) is 4.90 Å². The summed E-state index contributed by atoms with van der Waals surface area (Å²) in [7, 11) is 1.68. The Hall–Kier alpha value is -2.89. The zero-order valence-corrected chi connectivity index (χ0v) is 16.6. The lowest BCUT2D eigenvalue weighted by Gasteiger charge is -2.34. The lowest BCUT2D eigenvalue weighted by Crippen LogP contribution is -2.40. The molecular weight excluding hydrogens is 364 g/mol. The number of aliphatic imine (C=N–C) groups is 1. The Balaban J connectivity index is 1.60. The Morgan fingerprint density at radius 3 is 2.59 bits per heavy atom. The molecule has 1 aliphatic rings. The number of phenols is 1. The summed E-state index contributed by atoms with van der Waals surface area (Å²) in [5.41, 5.74) is 1.96. The predicted molar refractivity (Wildman–Crippen MR) is 116 cm³/mol. The van der Waals surface area contributed by atoms with E-state index in [1.165, 1.54) is 5.56 Å². The van der Waals surface area contributed by atoms with Gasteiger partial charge in [-0.05, 0) is 34.5 Å². The maximum Gasteiger partial charge on any atom is 0.124 e. The second-order valence-electron chi connectivity index (χ2n) is 7.15. The Kier molecular flexibility index (Phi) is 6.08. The van der Waals surface area contributed by atoms with Crippen LogP contribution in [0.4, 0.5) is 0 Å². The van der Waals surface area contributed by atoms with Crippen LogP contribution in [0.1, 0.15) is 17.2 Å². The zero-order chi connectivity index (χ0) is 20.1. The molecule has 1 saturated heterocycles. The summed E-state index contributed by atoms with van der Waals surface area (Å²) in [4.78, 5) is 7.16. The number of morpholine rings is 1. The fourth-order valence-electron chi connectivity index (χ4n) is 3.81. The summed E-state index contributed by atoms with van der Waals surface area (Å²) in [6, 6.07) is 20.0. The van der Waals surface area contributed by atoms with Crippen molar-refractivity contribution in [3.63, 3.8) is 0 Å². The Morgan fingerprint density at radius 2 is 1.83 bits per heavy atom.